The van der Waals surface area contributed by atoms with Gasteiger partial charge < -0.3 is 24.1 Å². The van der Waals surface area contributed by atoms with Crippen LogP contribution in [0, 0.1) is 124 Å². The van der Waals surface area contributed by atoms with E-state index in [-0.39, 0.29) is 73.1 Å². The zero-order valence-corrected chi connectivity index (χ0v) is 40.4. The molecule has 0 saturated heterocycles. The van der Waals surface area contributed by atoms with Gasteiger partial charge in [-0.1, -0.05) is 41.5 Å². The van der Waals surface area contributed by atoms with E-state index in [1.807, 2.05) is 0 Å². The second-order valence-electron chi connectivity index (χ2n) is 23.1. The highest BCUT2D eigenvalue weighted by molar-refractivity contribution is 5.74. The lowest BCUT2D eigenvalue weighted by molar-refractivity contribution is -0.373. The molecule has 0 aliphatic heterocycles. The van der Waals surface area contributed by atoms with Crippen LogP contribution < -0.4 is 0 Å². The van der Waals surface area contributed by atoms with Crippen LogP contribution in [0.3, 0.4) is 0 Å². The molecule has 0 radical (unpaired) electrons. The number of rotatable bonds is 10. The van der Waals surface area contributed by atoms with Crippen LogP contribution in [0.2, 0.25) is 0 Å². The summed E-state index contributed by atoms with van der Waals surface area (Å²) < 4.78 is 97.8. The third kappa shape index (κ3) is 9.40. The van der Waals surface area contributed by atoms with E-state index in [0.717, 1.165) is 84.9 Å². The van der Waals surface area contributed by atoms with Crippen molar-refractivity contribution in [3.05, 3.63) is 0 Å². The number of hydrogen-bond donors (Lipinski definition) is 1. The molecule has 0 aromatic heterocycles. The number of fused-ring (bicyclic) bond motifs is 15. The molecular formula is C51H76F6O9. The van der Waals surface area contributed by atoms with Crippen molar-refractivity contribution >= 4 is 23.9 Å². The van der Waals surface area contributed by atoms with Crippen molar-refractivity contribution in [2.45, 2.75) is 150 Å². The van der Waals surface area contributed by atoms with Gasteiger partial charge in [-0.05, 0) is 183 Å². The van der Waals surface area contributed by atoms with Crippen molar-refractivity contribution in [3.8, 4) is 0 Å². The Bertz CT molecular complexity index is 1760. The lowest BCUT2D eigenvalue weighted by Crippen LogP contribution is -2.58. The molecule has 0 amide bonds. The Morgan fingerprint density at radius 2 is 1.05 bits per heavy atom. The van der Waals surface area contributed by atoms with Gasteiger partial charge in [0, 0.05) is 6.92 Å². The van der Waals surface area contributed by atoms with Gasteiger partial charge in [0.25, 0.3) is 5.60 Å². The van der Waals surface area contributed by atoms with Crippen LogP contribution in [0.15, 0.2) is 0 Å². The minimum absolute atomic E-state index is 0.0710. The molecule has 22 unspecified atom stereocenters. The van der Waals surface area contributed by atoms with Crippen LogP contribution >= 0.6 is 0 Å². The number of aliphatic hydroxyl groups is 1. The van der Waals surface area contributed by atoms with E-state index in [9.17, 15) is 50.6 Å². The molecule has 9 fully saturated rings. The monoisotopic (exact) mass is 947 g/mol. The Morgan fingerprint density at radius 3 is 1.55 bits per heavy atom. The maximum atomic E-state index is 12.9. The lowest BCUT2D eigenvalue weighted by atomic mass is 9.69. The van der Waals surface area contributed by atoms with Crippen molar-refractivity contribution in [2.75, 3.05) is 20.8 Å². The van der Waals surface area contributed by atoms with Crippen LogP contribution in [-0.2, 0) is 38.1 Å². The zero-order valence-electron chi connectivity index (χ0n) is 40.4. The molecule has 15 heteroatoms. The quantitative estimate of drug-likeness (QED) is 0.129. The van der Waals surface area contributed by atoms with Gasteiger partial charge in [-0.15, -0.1) is 0 Å². The van der Waals surface area contributed by atoms with Crippen LogP contribution in [0.25, 0.3) is 0 Å². The standard InChI is InChI=1S/C18H28O4.C17H26O4.C16H22F6O/c1-9-5-13-12-6-14(15(7-12)18(13)10(9)2)16(22-11(3)19)8-17(20)21-4;1-9-6-12-11-7-13(16(12)10(9)2)14(8-11)17(19)21-5-4-15(18)20-3;1-7-3-11-9-4-10(12(5-9)13(11)8(7)2)6-14(23,15(17,18)19)16(20,21)22/h9-10,12-16,18H,5-8H2,1-4H3;9-14,16H,4-8H2,1-3H3;7-13,23H,3-6H2,1-2H3. The maximum Gasteiger partial charge on any atom is 0.426 e. The Morgan fingerprint density at radius 1 is 0.591 bits per heavy atom. The minimum atomic E-state index is -5.69. The highest BCUT2D eigenvalue weighted by Crippen LogP contribution is 2.68. The fraction of sp³-hybridized carbons (Fsp3) is 0.922. The topological polar surface area (TPSA) is 125 Å². The summed E-state index contributed by atoms with van der Waals surface area (Å²) in [7, 11) is 2.74. The number of ether oxygens (including phenoxy) is 4. The van der Waals surface area contributed by atoms with Crippen LogP contribution in [-0.4, -0.2) is 73.9 Å². The summed E-state index contributed by atoms with van der Waals surface area (Å²) in [5.41, 5.74) is -4.59. The predicted molar refractivity (Wildman–Crippen MR) is 230 cm³/mol. The molecule has 9 aliphatic carbocycles. The lowest BCUT2D eigenvalue weighted by Gasteiger charge is -2.39. The van der Waals surface area contributed by atoms with Gasteiger partial charge in [-0.2, -0.15) is 26.3 Å². The van der Waals surface area contributed by atoms with Crippen molar-refractivity contribution in [2.24, 2.45) is 124 Å². The molecule has 6 bridgehead atoms. The molecule has 9 saturated carbocycles. The number of carbonyl (C=O) groups excluding carboxylic acids is 4. The molecule has 9 nitrogen and oxygen atoms in total. The Hall–Kier alpha value is -2.58. The van der Waals surface area contributed by atoms with Crippen LogP contribution in [0.5, 0.6) is 0 Å². The molecule has 9 aliphatic rings. The van der Waals surface area contributed by atoms with E-state index in [1.165, 1.54) is 46.8 Å². The first-order valence-electron chi connectivity index (χ1n) is 25.1. The summed E-state index contributed by atoms with van der Waals surface area (Å²) in [6, 6.07) is 0. The maximum absolute atomic E-state index is 12.9. The molecule has 22 atom stereocenters. The molecule has 0 heterocycles. The summed E-state index contributed by atoms with van der Waals surface area (Å²) in [5, 5.41) is 9.48. The summed E-state index contributed by atoms with van der Waals surface area (Å²) in [6.45, 7) is 15.2. The van der Waals surface area contributed by atoms with Gasteiger partial charge in [0.15, 0.2) is 0 Å². The van der Waals surface area contributed by atoms with Crippen molar-refractivity contribution in [1.82, 2.24) is 0 Å². The number of esters is 4. The first kappa shape index (κ1) is 51.3. The van der Waals surface area contributed by atoms with Gasteiger partial charge in [-0.25, -0.2) is 0 Å². The minimum Gasteiger partial charge on any atom is -0.469 e. The summed E-state index contributed by atoms with van der Waals surface area (Å²) in [6.07, 6.45) is -3.15. The van der Waals surface area contributed by atoms with Crippen LogP contribution in [0.1, 0.15) is 126 Å². The highest BCUT2D eigenvalue weighted by atomic mass is 19.4. The van der Waals surface area contributed by atoms with E-state index >= 15 is 0 Å². The highest BCUT2D eigenvalue weighted by Gasteiger charge is 2.72. The van der Waals surface area contributed by atoms with Crippen molar-refractivity contribution in [1.29, 1.82) is 0 Å². The fourth-order valence-corrected chi connectivity index (χ4v) is 17.1. The predicted octanol–water partition coefficient (Wildman–Crippen LogP) is 10.5. The average Bonchev–Trinajstić information content (AvgIpc) is 4.12. The molecule has 376 valence electrons. The number of hydrogen-bond acceptors (Lipinski definition) is 9. The van der Waals surface area contributed by atoms with E-state index in [1.54, 1.807) is 0 Å². The Balaban J connectivity index is 0.000000147. The van der Waals surface area contributed by atoms with Gasteiger partial charge >= 0.3 is 36.2 Å². The third-order valence-electron chi connectivity index (χ3n) is 20.3. The summed E-state index contributed by atoms with van der Waals surface area (Å²) >= 11 is 0. The zero-order chi connectivity index (χ0) is 48.5. The second-order valence-corrected chi connectivity index (χ2v) is 23.1. The molecule has 1 N–H and O–H groups in total. The number of alkyl halides is 6. The fourth-order valence-electron chi connectivity index (χ4n) is 17.1. The third-order valence-corrected chi connectivity index (χ3v) is 20.3. The van der Waals surface area contributed by atoms with E-state index < -0.39 is 30.3 Å². The van der Waals surface area contributed by atoms with Crippen molar-refractivity contribution in [3.63, 3.8) is 0 Å². The summed E-state index contributed by atoms with van der Waals surface area (Å²) in [5.74, 6) is 9.22. The smallest absolute Gasteiger partial charge is 0.426 e. The molecular weight excluding hydrogens is 871 g/mol. The number of methoxy groups -OCH3 is 2. The molecule has 0 spiro atoms. The van der Waals surface area contributed by atoms with Gasteiger partial charge in [-0.3, -0.25) is 19.2 Å². The first-order valence-corrected chi connectivity index (χ1v) is 25.1. The summed E-state index contributed by atoms with van der Waals surface area (Å²) in [4.78, 5) is 46.5. The van der Waals surface area contributed by atoms with Gasteiger partial charge in [0.05, 0.1) is 33.0 Å². The number of carbonyl (C=O) groups is 4. The van der Waals surface area contributed by atoms with E-state index in [4.69, 9.17) is 14.2 Å². The second kappa shape index (κ2) is 19.3. The normalized spacial score (nSPS) is 43.8. The van der Waals surface area contributed by atoms with Crippen LogP contribution in [0.4, 0.5) is 26.3 Å². The number of halogens is 6. The molecule has 0 aromatic rings. The van der Waals surface area contributed by atoms with E-state index in [2.05, 4.69) is 46.3 Å². The molecule has 0 aromatic carbocycles. The largest absolute Gasteiger partial charge is 0.469 e. The van der Waals surface area contributed by atoms with Gasteiger partial charge in [0.1, 0.15) is 12.7 Å². The van der Waals surface area contributed by atoms with E-state index in [0.29, 0.717) is 41.9 Å². The average molecular weight is 947 g/mol. The Kier molecular flexibility index (Phi) is 15.0. The molecule has 9 rings (SSSR count). The van der Waals surface area contributed by atoms with Gasteiger partial charge in [0.2, 0.25) is 0 Å². The van der Waals surface area contributed by atoms with Crippen molar-refractivity contribution < 1.29 is 69.6 Å². The Labute approximate surface area is 387 Å². The SMILES string of the molecule is CC1CC2C3CC(CC(O)(C(F)(F)F)C(F)(F)F)C(C3)C2C1C.COC(=O)CC(OC(C)=O)C1CC2CC1C1C(C)C(C)CC21.COC(=O)CCOC(=O)C1CC2CC1C1C(C)C(C)CC21. The first-order chi connectivity index (χ1) is 30.8. The molecule has 66 heavy (non-hydrogen) atoms.